The Balaban J connectivity index is 1.54. The number of benzene rings is 1. The van der Waals surface area contributed by atoms with Gasteiger partial charge in [0, 0.05) is 0 Å². The number of aliphatic hydroxyl groups is 6. The summed E-state index contributed by atoms with van der Waals surface area (Å²) in [5.74, 6) is -0.611. The molecule has 0 saturated carbocycles. The summed E-state index contributed by atoms with van der Waals surface area (Å²) in [4.78, 5) is 12.0. The first-order valence-corrected chi connectivity index (χ1v) is 9.49. The van der Waals surface area contributed by atoms with E-state index >= 15 is 0 Å². The largest absolute Gasteiger partial charge is 0.459 e. The minimum Gasteiger partial charge on any atom is -0.459 e. The first-order chi connectivity index (χ1) is 14.3. The van der Waals surface area contributed by atoms with Crippen molar-refractivity contribution in [3.63, 3.8) is 0 Å². The molecule has 9 atom stereocenters. The predicted octanol–water partition coefficient (Wildman–Crippen LogP) is -2.85. The van der Waals surface area contributed by atoms with Crippen LogP contribution in [0.4, 0.5) is 0 Å². The lowest BCUT2D eigenvalue weighted by atomic mass is 9.98. The van der Waals surface area contributed by atoms with E-state index in [1.165, 1.54) is 0 Å². The summed E-state index contributed by atoms with van der Waals surface area (Å²) in [6, 6.07) is 8.23. The summed E-state index contributed by atoms with van der Waals surface area (Å²) < 4.78 is 21.2. The topological polar surface area (TPSA) is 175 Å². The fourth-order valence-corrected chi connectivity index (χ4v) is 3.29. The molecule has 1 aromatic carbocycles. The van der Waals surface area contributed by atoms with Gasteiger partial charge in [-0.1, -0.05) is 18.2 Å². The second kappa shape index (κ2) is 10.1. The number of carbonyl (C=O) groups excluding carboxylic acids is 1. The van der Waals surface area contributed by atoms with Crippen molar-refractivity contribution in [3.05, 3.63) is 35.9 Å². The maximum absolute atomic E-state index is 12.0. The molecule has 11 heteroatoms. The van der Waals surface area contributed by atoms with Crippen LogP contribution in [0.15, 0.2) is 30.3 Å². The average molecular weight is 430 g/mol. The predicted molar refractivity (Wildman–Crippen MR) is 97.1 cm³/mol. The zero-order chi connectivity index (χ0) is 21.8. The van der Waals surface area contributed by atoms with E-state index in [-0.39, 0.29) is 13.2 Å². The SMILES string of the molecule is O=C(OCC1OCC(OC2OC(CO)C(O)C(O)C2O)C(O)C1O)c1ccccc1. The zero-order valence-corrected chi connectivity index (χ0v) is 15.9. The molecule has 11 nitrogen and oxygen atoms in total. The minimum absolute atomic E-state index is 0.235. The lowest BCUT2D eigenvalue weighted by Crippen LogP contribution is -2.62. The Morgan fingerprint density at radius 3 is 2.27 bits per heavy atom. The van der Waals surface area contributed by atoms with E-state index in [0.717, 1.165) is 0 Å². The van der Waals surface area contributed by atoms with Crippen molar-refractivity contribution < 1.29 is 54.4 Å². The van der Waals surface area contributed by atoms with E-state index in [4.69, 9.17) is 18.9 Å². The Morgan fingerprint density at radius 2 is 1.60 bits per heavy atom. The molecule has 0 spiro atoms. The molecule has 2 saturated heterocycles. The van der Waals surface area contributed by atoms with Gasteiger partial charge in [0.25, 0.3) is 0 Å². The van der Waals surface area contributed by atoms with Gasteiger partial charge in [0.2, 0.25) is 0 Å². The smallest absolute Gasteiger partial charge is 0.338 e. The van der Waals surface area contributed by atoms with Crippen molar-refractivity contribution in [1.82, 2.24) is 0 Å². The standard InChI is InChI=1S/C19H26O11/c20-6-10-13(21)16(24)17(25)19(29-10)30-12-8-27-11(14(22)15(12)23)7-28-18(26)9-4-2-1-3-5-9/h1-5,10-17,19-25H,6-8H2. The maximum Gasteiger partial charge on any atom is 0.338 e. The third kappa shape index (κ3) is 4.97. The molecule has 30 heavy (non-hydrogen) atoms. The number of ether oxygens (including phenoxy) is 4. The number of carbonyl (C=O) groups is 1. The molecular formula is C19H26O11. The third-order valence-corrected chi connectivity index (χ3v) is 5.13. The fraction of sp³-hybridized carbons (Fsp3) is 0.632. The van der Waals surface area contributed by atoms with Gasteiger partial charge in [-0.25, -0.2) is 4.79 Å². The van der Waals surface area contributed by atoms with Gasteiger partial charge in [0.15, 0.2) is 6.29 Å². The van der Waals surface area contributed by atoms with Gasteiger partial charge in [-0.2, -0.15) is 0 Å². The Hall–Kier alpha value is -1.67. The number of hydrogen-bond acceptors (Lipinski definition) is 11. The van der Waals surface area contributed by atoms with Gasteiger partial charge in [0.1, 0.15) is 55.4 Å². The van der Waals surface area contributed by atoms with Crippen molar-refractivity contribution in [3.8, 4) is 0 Å². The highest BCUT2D eigenvalue weighted by Gasteiger charge is 2.47. The van der Waals surface area contributed by atoms with Gasteiger partial charge < -0.3 is 49.6 Å². The van der Waals surface area contributed by atoms with Crippen LogP contribution in [0.25, 0.3) is 0 Å². The lowest BCUT2D eigenvalue weighted by Gasteiger charge is -2.43. The first-order valence-electron chi connectivity index (χ1n) is 9.49. The van der Waals surface area contributed by atoms with E-state index in [9.17, 15) is 35.4 Å². The van der Waals surface area contributed by atoms with Crippen LogP contribution in [0.3, 0.4) is 0 Å². The van der Waals surface area contributed by atoms with Crippen LogP contribution < -0.4 is 0 Å². The van der Waals surface area contributed by atoms with Crippen molar-refractivity contribution in [1.29, 1.82) is 0 Å². The van der Waals surface area contributed by atoms with Crippen LogP contribution in [0.5, 0.6) is 0 Å². The van der Waals surface area contributed by atoms with Crippen LogP contribution >= 0.6 is 0 Å². The molecule has 0 bridgehead atoms. The third-order valence-electron chi connectivity index (χ3n) is 5.13. The second-order valence-corrected chi connectivity index (χ2v) is 7.19. The number of aliphatic hydroxyl groups excluding tert-OH is 6. The molecule has 2 heterocycles. The monoisotopic (exact) mass is 430 g/mol. The molecule has 2 aliphatic rings. The van der Waals surface area contributed by atoms with Crippen LogP contribution in [0.2, 0.25) is 0 Å². The van der Waals surface area contributed by atoms with Gasteiger partial charge in [0.05, 0.1) is 18.8 Å². The zero-order valence-electron chi connectivity index (χ0n) is 15.9. The summed E-state index contributed by atoms with van der Waals surface area (Å²) in [7, 11) is 0. The summed E-state index contributed by atoms with van der Waals surface area (Å²) in [6.45, 7) is -1.18. The highest BCUT2D eigenvalue weighted by atomic mass is 16.7. The summed E-state index contributed by atoms with van der Waals surface area (Å²) >= 11 is 0. The Labute approximate surface area is 172 Å². The van der Waals surface area contributed by atoms with E-state index in [2.05, 4.69) is 0 Å². The van der Waals surface area contributed by atoms with Crippen LogP contribution in [0, 0.1) is 0 Å². The average Bonchev–Trinajstić information content (AvgIpc) is 2.76. The summed E-state index contributed by atoms with van der Waals surface area (Å²) in [5.41, 5.74) is 0.326. The lowest BCUT2D eigenvalue weighted by molar-refractivity contribution is -0.331. The molecule has 2 fully saturated rings. The highest BCUT2D eigenvalue weighted by molar-refractivity contribution is 5.89. The fourth-order valence-electron chi connectivity index (χ4n) is 3.29. The second-order valence-electron chi connectivity index (χ2n) is 7.19. The first kappa shape index (κ1) is 23.0. The Kier molecular flexibility index (Phi) is 7.74. The van der Waals surface area contributed by atoms with E-state index in [1.807, 2.05) is 0 Å². The quantitative estimate of drug-likeness (QED) is 0.256. The van der Waals surface area contributed by atoms with Gasteiger partial charge in [-0.3, -0.25) is 0 Å². The molecule has 0 aromatic heterocycles. The molecule has 2 aliphatic heterocycles. The molecule has 0 radical (unpaired) electrons. The van der Waals surface area contributed by atoms with E-state index in [1.54, 1.807) is 30.3 Å². The van der Waals surface area contributed by atoms with Gasteiger partial charge >= 0.3 is 5.97 Å². The van der Waals surface area contributed by atoms with Crippen molar-refractivity contribution in [2.75, 3.05) is 19.8 Å². The normalized spacial score (nSPS) is 39.5. The molecule has 9 unspecified atom stereocenters. The van der Waals surface area contributed by atoms with Crippen LogP contribution in [0.1, 0.15) is 10.4 Å². The molecular weight excluding hydrogens is 404 g/mol. The Bertz CT molecular complexity index is 684. The number of rotatable bonds is 6. The highest BCUT2D eigenvalue weighted by Crippen LogP contribution is 2.26. The molecule has 1 aromatic rings. The molecule has 3 rings (SSSR count). The van der Waals surface area contributed by atoms with Crippen LogP contribution in [-0.2, 0) is 18.9 Å². The molecule has 168 valence electrons. The minimum atomic E-state index is -1.66. The van der Waals surface area contributed by atoms with Crippen LogP contribution in [-0.4, -0.2) is 112 Å². The summed E-state index contributed by atoms with van der Waals surface area (Å²) in [5, 5.41) is 59.5. The molecule has 0 aliphatic carbocycles. The molecule has 6 N–H and O–H groups in total. The number of hydrogen-bond donors (Lipinski definition) is 6. The van der Waals surface area contributed by atoms with Crippen molar-refractivity contribution in [2.45, 2.75) is 55.1 Å². The van der Waals surface area contributed by atoms with Crippen molar-refractivity contribution in [2.24, 2.45) is 0 Å². The number of esters is 1. The molecule has 0 amide bonds. The maximum atomic E-state index is 12.0. The summed E-state index contributed by atoms with van der Waals surface area (Å²) in [6.07, 6.45) is -12.6. The van der Waals surface area contributed by atoms with Gasteiger partial charge in [-0.05, 0) is 12.1 Å². The van der Waals surface area contributed by atoms with Crippen molar-refractivity contribution >= 4 is 5.97 Å². The van der Waals surface area contributed by atoms with E-state index in [0.29, 0.717) is 5.56 Å². The van der Waals surface area contributed by atoms with E-state index < -0.39 is 67.7 Å². The Morgan fingerprint density at radius 1 is 0.933 bits per heavy atom. The van der Waals surface area contributed by atoms with Gasteiger partial charge in [-0.15, -0.1) is 0 Å².